The molecule has 176 valence electrons. The second-order valence-corrected chi connectivity index (χ2v) is 9.51. The predicted octanol–water partition coefficient (Wildman–Crippen LogP) is 7.35. The summed E-state index contributed by atoms with van der Waals surface area (Å²) in [6.07, 6.45) is 5.86. The van der Waals surface area contributed by atoms with Crippen molar-refractivity contribution in [3.8, 4) is 5.75 Å². The van der Waals surface area contributed by atoms with E-state index in [1.165, 1.54) is 17.0 Å². The van der Waals surface area contributed by atoms with Gasteiger partial charge in [-0.05, 0) is 73.2 Å². The fraction of sp³-hybridized carbons (Fsp3) is 0.172. The van der Waals surface area contributed by atoms with Crippen molar-refractivity contribution in [3.63, 3.8) is 0 Å². The molecule has 0 atom stereocenters. The molecule has 0 saturated heterocycles. The number of rotatable bonds is 7. The number of aryl methyl sites for hydroxylation is 1. The van der Waals surface area contributed by atoms with Gasteiger partial charge in [-0.2, -0.15) is 0 Å². The molecular weight excluding hydrogens is 459 g/mol. The van der Waals surface area contributed by atoms with Crippen molar-refractivity contribution < 1.29 is 13.9 Å². The Balaban J connectivity index is 1.40. The lowest BCUT2D eigenvalue weighted by Crippen LogP contribution is -2.14. The van der Waals surface area contributed by atoms with Crippen LogP contribution in [0.1, 0.15) is 44.8 Å². The Kier molecular flexibility index (Phi) is 7.00. The first-order chi connectivity index (χ1) is 17.2. The van der Waals surface area contributed by atoms with Crippen molar-refractivity contribution >= 4 is 34.1 Å². The fourth-order valence-electron chi connectivity index (χ4n) is 4.18. The van der Waals surface area contributed by atoms with Crippen LogP contribution in [0.15, 0.2) is 83.9 Å². The molecule has 35 heavy (non-hydrogen) atoms. The summed E-state index contributed by atoms with van der Waals surface area (Å²) in [5, 5.41) is 3.75. The first kappa shape index (κ1) is 23.0. The van der Waals surface area contributed by atoms with Gasteiger partial charge in [0.1, 0.15) is 23.2 Å². The number of hydrogen-bond acceptors (Lipinski definition) is 4. The summed E-state index contributed by atoms with van der Waals surface area (Å²) in [6, 6.07) is 23.4. The Morgan fingerprint density at radius 1 is 0.971 bits per heavy atom. The number of anilines is 1. The minimum absolute atomic E-state index is 0.122. The van der Waals surface area contributed by atoms with E-state index < -0.39 is 0 Å². The van der Waals surface area contributed by atoms with Crippen LogP contribution in [0.25, 0.3) is 0 Å². The van der Waals surface area contributed by atoms with Gasteiger partial charge in [-0.25, -0.2) is 9.38 Å². The summed E-state index contributed by atoms with van der Waals surface area (Å²) < 4.78 is 19.2. The van der Waals surface area contributed by atoms with Gasteiger partial charge in [0.25, 0.3) is 5.91 Å². The lowest BCUT2D eigenvalue weighted by molar-refractivity contribution is 0.102. The molecule has 4 nitrogen and oxygen atoms in total. The molecule has 3 aromatic carbocycles. The van der Waals surface area contributed by atoms with E-state index in [1.807, 2.05) is 54.6 Å². The Labute approximate surface area is 208 Å². The first-order valence-corrected chi connectivity index (χ1v) is 12.5. The molecule has 1 aliphatic carbocycles. The zero-order chi connectivity index (χ0) is 24.0. The van der Waals surface area contributed by atoms with Crippen molar-refractivity contribution in [2.45, 2.75) is 32.3 Å². The molecule has 0 aliphatic heterocycles. The molecule has 1 amide bonds. The van der Waals surface area contributed by atoms with Gasteiger partial charge in [0.15, 0.2) is 0 Å². The number of aliphatic imine (C=N–C) groups is 1. The molecule has 5 rings (SSSR count). The Morgan fingerprint density at radius 3 is 2.54 bits per heavy atom. The van der Waals surface area contributed by atoms with Crippen LogP contribution in [-0.4, -0.2) is 12.1 Å². The second kappa shape index (κ2) is 10.7. The van der Waals surface area contributed by atoms with Gasteiger partial charge in [0, 0.05) is 22.3 Å². The lowest BCUT2D eigenvalue weighted by atomic mass is 9.95. The molecule has 1 heterocycles. The average Bonchev–Trinajstić information content (AvgIpc) is 3.27. The van der Waals surface area contributed by atoms with E-state index in [0.29, 0.717) is 17.9 Å². The van der Waals surface area contributed by atoms with E-state index in [1.54, 1.807) is 29.7 Å². The Morgan fingerprint density at radius 2 is 1.71 bits per heavy atom. The number of halogens is 1. The van der Waals surface area contributed by atoms with E-state index in [-0.39, 0.29) is 11.7 Å². The number of nitrogens with zero attached hydrogens (tertiary/aromatic N) is 1. The van der Waals surface area contributed by atoms with Gasteiger partial charge in [0.05, 0.1) is 5.56 Å². The lowest BCUT2D eigenvalue weighted by Gasteiger charge is -2.12. The molecule has 1 N–H and O–H groups in total. The Hall–Kier alpha value is -3.77. The number of carbonyl (C=O) groups excluding carboxylic acids is 1. The van der Waals surface area contributed by atoms with E-state index in [9.17, 15) is 9.18 Å². The molecule has 6 heteroatoms. The van der Waals surface area contributed by atoms with E-state index >= 15 is 0 Å². The van der Waals surface area contributed by atoms with Gasteiger partial charge < -0.3 is 10.1 Å². The zero-order valence-electron chi connectivity index (χ0n) is 19.2. The SMILES string of the molecule is O=C(Nc1ccccc1)c1c(N=Cc2ccccc2OCc2ccc(F)cc2)sc2c1CCCC2. The van der Waals surface area contributed by atoms with Crippen molar-refractivity contribution in [1.29, 1.82) is 0 Å². The molecule has 0 radical (unpaired) electrons. The van der Waals surface area contributed by atoms with Crippen LogP contribution in [0.3, 0.4) is 0 Å². The summed E-state index contributed by atoms with van der Waals surface area (Å²) in [6.45, 7) is 0.323. The summed E-state index contributed by atoms with van der Waals surface area (Å²) in [7, 11) is 0. The van der Waals surface area contributed by atoms with Crippen LogP contribution < -0.4 is 10.1 Å². The zero-order valence-corrected chi connectivity index (χ0v) is 20.0. The van der Waals surface area contributed by atoms with Crippen molar-refractivity contribution in [2.24, 2.45) is 4.99 Å². The molecule has 1 aromatic heterocycles. The largest absolute Gasteiger partial charge is 0.488 e. The molecule has 0 fully saturated rings. The van der Waals surface area contributed by atoms with Crippen LogP contribution >= 0.6 is 11.3 Å². The van der Waals surface area contributed by atoms with Crippen molar-refractivity contribution in [2.75, 3.05) is 5.32 Å². The highest BCUT2D eigenvalue weighted by atomic mass is 32.1. The van der Waals surface area contributed by atoms with Crippen molar-refractivity contribution in [1.82, 2.24) is 0 Å². The van der Waals surface area contributed by atoms with E-state index in [4.69, 9.17) is 9.73 Å². The monoisotopic (exact) mass is 484 g/mol. The van der Waals surface area contributed by atoms with Gasteiger partial charge in [-0.3, -0.25) is 4.79 Å². The maximum atomic E-state index is 13.3. The van der Waals surface area contributed by atoms with Gasteiger partial charge >= 0.3 is 0 Å². The van der Waals surface area contributed by atoms with Gasteiger partial charge in [0.2, 0.25) is 0 Å². The normalized spacial score (nSPS) is 12.9. The van der Waals surface area contributed by atoms with Crippen LogP contribution in [0.5, 0.6) is 5.75 Å². The van der Waals surface area contributed by atoms with E-state index in [0.717, 1.165) is 53.1 Å². The molecule has 0 bridgehead atoms. The number of hydrogen-bond donors (Lipinski definition) is 1. The van der Waals surface area contributed by atoms with Crippen LogP contribution in [0.4, 0.5) is 15.1 Å². The molecule has 1 aliphatic rings. The number of benzene rings is 3. The minimum atomic E-state index is -0.271. The summed E-state index contributed by atoms with van der Waals surface area (Å²) in [4.78, 5) is 19.3. The maximum absolute atomic E-state index is 13.3. The fourth-order valence-corrected chi connectivity index (χ4v) is 5.41. The van der Waals surface area contributed by atoms with Crippen LogP contribution in [-0.2, 0) is 19.4 Å². The summed E-state index contributed by atoms with van der Waals surface area (Å²) in [5.74, 6) is 0.285. The highest BCUT2D eigenvalue weighted by Crippen LogP contribution is 2.40. The quantitative estimate of drug-likeness (QED) is 0.279. The summed E-state index contributed by atoms with van der Waals surface area (Å²) >= 11 is 1.60. The third-order valence-corrected chi connectivity index (χ3v) is 7.16. The van der Waals surface area contributed by atoms with Gasteiger partial charge in [-0.15, -0.1) is 11.3 Å². The molecule has 0 spiro atoms. The number of fused-ring (bicyclic) bond motifs is 1. The maximum Gasteiger partial charge on any atom is 0.259 e. The summed E-state index contributed by atoms with van der Waals surface area (Å²) in [5.41, 5.74) is 4.26. The highest BCUT2D eigenvalue weighted by Gasteiger charge is 2.25. The third kappa shape index (κ3) is 5.49. The number of carbonyl (C=O) groups is 1. The molecule has 4 aromatic rings. The number of nitrogens with one attached hydrogen (secondary N) is 1. The van der Waals surface area contributed by atoms with Crippen LogP contribution in [0.2, 0.25) is 0 Å². The van der Waals surface area contributed by atoms with E-state index in [2.05, 4.69) is 5.32 Å². The minimum Gasteiger partial charge on any atom is -0.488 e. The average molecular weight is 485 g/mol. The van der Waals surface area contributed by atoms with Crippen molar-refractivity contribution in [3.05, 3.63) is 112 Å². The van der Waals surface area contributed by atoms with Gasteiger partial charge in [-0.1, -0.05) is 42.5 Å². The smallest absolute Gasteiger partial charge is 0.259 e. The molecule has 0 unspecified atom stereocenters. The number of para-hydroxylation sites is 2. The highest BCUT2D eigenvalue weighted by molar-refractivity contribution is 7.16. The Bertz CT molecular complexity index is 1350. The number of ether oxygens (including phenoxy) is 1. The number of amides is 1. The van der Waals surface area contributed by atoms with Crippen LogP contribution in [0, 0.1) is 5.82 Å². The molecular formula is C29H25FN2O2S. The topological polar surface area (TPSA) is 50.7 Å². The number of thiophene rings is 1. The third-order valence-electron chi connectivity index (χ3n) is 5.96. The predicted molar refractivity (Wildman–Crippen MR) is 140 cm³/mol. The molecule has 0 saturated carbocycles. The second-order valence-electron chi connectivity index (χ2n) is 8.42. The standard InChI is InChI=1S/C29H25FN2O2S/c30-22-16-14-20(15-17-22)19-34-25-12-6-4-8-21(25)18-31-29-27(24-11-5-7-13-26(24)35-29)28(33)32-23-9-2-1-3-10-23/h1-4,6,8-10,12,14-18H,5,7,11,13,19H2,(H,32,33). The first-order valence-electron chi connectivity index (χ1n) is 11.7.